The Morgan fingerprint density at radius 1 is 0.967 bits per heavy atom. The molecule has 1 saturated heterocycles. The van der Waals surface area contributed by atoms with Crippen LogP contribution in [0.5, 0.6) is 11.5 Å². The molecule has 2 aromatic rings. The Hall–Kier alpha value is -2.53. The van der Waals surface area contributed by atoms with E-state index >= 15 is 0 Å². The first-order chi connectivity index (χ1) is 14.6. The lowest BCUT2D eigenvalue weighted by Crippen LogP contribution is -2.40. The fourth-order valence-electron chi connectivity index (χ4n) is 3.90. The number of benzene rings is 2. The maximum Gasteiger partial charge on any atom is 0.258 e. The van der Waals surface area contributed by atoms with Crippen LogP contribution in [0, 0.1) is 13.8 Å². The molecule has 1 aliphatic rings. The zero-order valence-electron chi connectivity index (χ0n) is 18.4. The van der Waals surface area contributed by atoms with E-state index in [9.17, 15) is 4.79 Å². The van der Waals surface area contributed by atoms with Crippen LogP contribution in [0.1, 0.15) is 48.4 Å². The molecule has 1 atom stereocenters. The van der Waals surface area contributed by atoms with E-state index < -0.39 is 0 Å². The second-order valence-corrected chi connectivity index (χ2v) is 8.08. The number of hydrogen-bond acceptors (Lipinski definition) is 4. The van der Waals surface area contributed by atoms with Gasteiger partial charge in [0.25, 0.3) is 5.91 Å². The van der Waals surface area contributed by atoms with Crippen LogP contribution in [0.15, 0.2) is 42.5 Å². The van der Waals surface area contributed by atoms with Gasteiger partial charge in [-0.2, -0.15) is 0 Å². The van der Waals surface area contributed by atoms with Gasteiger partial charge in [-0.25, -0.2) is 0 Å². The molecule has 3 rings (SSSR count). The van der Waals surface area contributed by atoms with Crippen molar-refractivity contribution in [1.82, 2.24) is 10.2 Å². The van der Waals surface area contributed by atoms with Crippen molar-refractivity contribution in [2.24, 2.45) is 0 Å². The first-order valence-electron chi connectivity index (χ1n) is 10.9. The summed E-state index contributed by atoms with van der Waals surface area (Å²) in [6, 6.07) is 14.2. The van der Waals surface area contributed by atoms with E-state index in [1.807, 2.05) is 37.3 Å². The highest BCUT2D eigenvalue weighted by Crippen LogP contribution is 2.25. The Labute approximate surface area is 180 Å². The summed E-state index contributed by atoms with van der Waals surface area (Å²) < 4.78 is 11.0. The standard InChI is InChI=1S/C25H34N2O3/c1-19-8-11-23(16-20(19)2)30-18-25(28)26-17-24(27-14-6-4-5-7-15-27)21-9-12-22(29-3)13-10-21/h8-13,16,24H,4-7,14-15,17-18H2,1-3H3,(H,26,28)/t24-/m0/s1. The maximum absolute atomic E-state index is 12.5. The molecule has 5 nitrogen and oxygen atoms in total. The molecule has 0 radical (unpaired) electrons. The van der Waals surface area contributed by atoms with Crippen LogP contribution < -0.4 is 14.8 Å². The lowest BCUT2D eigenvalue weighted by Gasteiger charge is -2.31. The number of carbonyl (C=O) groups excluding carboxylic acids is 1. The second kappa shape index (κ2) is 11.0. The average Bonchev–Trinajstić information content (AvgIpc) is 3.05. The van der Waals surface area contributed by atoms with Crippen molar-refractivity contribution < 1.29 is 14.3 Å². The zero-order valence-corrected chi connectivity index (χ0v) is 18.4. The number of likely N-dealkylation sites (tertiary alicyclic amines) is 1. The van der Waals surface area contributed by atoms with Crippen LogP contribution in [0.3, 0.4) is 0 Å². The molecule has 30 heavy (non-hydrogen) atoms. The highest BCUT2D eigenvalue weighted by Gasteiger charge is 2.22. The van der Waals surface area contributed by atoms with Gasteiger partial charge in [-0.3, -0.25) is 9.69 Å². The Bertz CT molecular complexity index is 812. The lowest BCUT2D eigenvalue weighted by atomic mass is 10.0. The minimum Gasteiger partial charge on any atom is -0.497 e. The van der Waals surface area contributed by atoms with Crippen molar-refractivity contribution in [2.75, 3.05) is 33.4 Å². The molecule has 5 heteroatoms. The highest BCUT2D eigenvalue weighted by atomic mass is 16.5. The van der Waals surface area contributed by atoms with Gasteiger partial charge >= 0.3 is 0 Å². The summed E-state index contributed by atoms with van der Waals surface area (Å²) in [7, 11) is 1.68. The van der Waals surface area contributed by atoms with E-state index in [1.165, 1.54) is 36.8 Å². The summed E-state index contributed by atoms with van der Waals surface area (Å²) >= 11 is 0. The third-order valence-electron chi connectivity index (χ3n) is 5.92. The van der Waals surface area contributed by atoms with Gasteiger partial charge in [0.15, 0.2) is 6.61 Å². The van der Waals surface area contributed by atoms with Crippen LogP contribution in [-0.4, -0.2) is 44.2 Å². The molecule has 0 spiro atoms. The third-order valence-corrected chi connectivity index (χ3v) is 5.92. The topological polar surface area (TPSA) is 50.8 Å². The molecular formula is C25H34N2O3. The van der Waals surface area contributed by atoms with E-state index in [0.717, 1.165) is 30.2 Å². The van der Waals surface area contributed by atoms with Crippen LogP contribution in [0.2, 0.25) is 0 Å². The summed E-state index contributed by atoms with van der Waals surface area (Å²) in [5, 5.41) is 3.09. The SMILES string of the molecule is COc1ccc([C@H](CNC(=O)COc2ccc(C)c(C)c2)N2CCCCCC2)cc1. The Kier molecular flexibility index (Phi) is 8.14. The molecule has 0 unspecified atom stereocenters. The quantitative estimate of drug-likeness (QED) is 0.700. The molecule has 1 amide bonds. The molecule has 0 bridgehead atoms. The Morgan fingerprint density at radius 2 is 1.63 bits per heavy atom. The van der Waals surface area contributed by atoms with Gasteiger partial charge in [0.05, 0.1) is 13.2 Å². The molecule has 0 aliphatic carbocycles. The van der Waals surface area contributed by atoms with Crippen LogP contribution in [-0.2, 0) is 4.79 Å². The number of rotatable bonds is 8. The molecule has 2 aromatic carbocycles. The number of methoxy groups -OCH3 is 1. The van der Waals surface area contributed by atoms with Gasteiger partial charge in [0.2, 0.25) is 0 Å². The maximum atomic E-state index is 12.5. The molecule has 162 valence electrons. The Morgan fingerprint density at radius 3 is 2.27 bits per heavy atom. The van der Waals surface area contributed by atoms with Gasteiger partial charge in [-0.15, -0.1) is 0 Å². The van der Waals surface area contributed by atoms with Crippen molar-refractivity contribution in [3.63, 3.8) is 0 Å². The molecule has 1 N–H and O–H groups in total. The summed E-state index contributed by atoms with van der Waals surface area (Å²) in [5.41, 5.74) is 3.58. The minimum absolute atomic E-state index is 0.0256. The fraction of sp³-hybridized carbons (Fsp3) is 0.480. The highest BCUT2D eigenvalue weighted by molar-refractivity contribution is 5.77. The third kappa shape index (κ3) is 6.23. The van der Waals surface area contributed by atoms with Crippen molar-refractivity contribution in [3.8, 4) is 11.5 Å². The number of carbonyl (C=O) groups is 1. The second-order valence-electron chi connectivity index (χ2n) is 8.08. The van der Waals surface area contributed by atoms with Crippen LogP contribution >= 0.6 is 0 Å². The lowest BCUT2D eigenvalue weighted by molar-refractivity contribution is -0.123. The molecule has 0 aromatic heterocycles. The summed E-state index contributed by atoms with van der Waals surface area (Å²) in [5.74, 6) is 1.48. The van der Waals surface area contributed by atoms with E-state index in [4.69, 9.17) is 9.47 Å². The van der Waals surface area contributed by atoms with E-state index in [1.54, 1.807) is 7.11 Å². The van der Waals surface area contributed by atoms with Crippen molar-refractivity contribution in [2.45, 2.75) is 45.6 Å². The van der Waals surface area contributed by atoms with Crippen LogP contribution in [0.4, 0.5) is 0 Å². The molecule has 1 aliphatic heterocycles. The number of amides is 1. The molecular weight excluding hydrogens is 376 g/mol. The van der Waals surface area contributed by atoms with Crippen molar-refractivity contribution in [1.29, 1.82) is 0 Å². The fourth-order valence-corrected chi connectivity index (χ4v) is 3.90. The predicted molar refractivity (Wildman–Crippen MR) is 120 cm³/mol. The van der Waals surface area contributed by atoms with E-state index in [0.29, 0.717) is 6.54 Å². The van der Waals surface area contributed by atoms with Gasteiger partial charge in [0, 0.05) is 6.54 Å². The molecule has 1 fully saturated rings. The van der Waals surface area contributed by atoms with Gasteiger partial charge in [-0.1, -0.05) is 31.0 Å². The smallest absolute Gasteiger partial charge is 0.258 e. The van der Waals surface area contributed by atoms with Gasteiger partial charge in [-0.05, 0) is 80.7 Å². The van der Waals surface area contributed by atoms with Crippen molar-refractivity contribution in [3.05, 3.63) is 59.2 Å². The largest absolute Gasteiger partial charge is 0.497 e. The predicted octanol–water partition coefficient (Wildman–Crippen LogP) is 4.42. The first-order valence-corrected chi connectivity index (χ1v) is 10.9. The molecule has 0 saturated carbocycles. The normalized spacial score (nSPS) is 15.8. The van der Waals surface area contributed by atoms with Gasteiger partial charge < -0.3 is 14.8 Å². The average molecular weight is 411 g/mol. The number of ether oxygens (including phenoxy) is 2. The van der Waals surface area contributed by atoms with E-state index in [2.05, 4.69) is 29.3 Å². The zero-order chi connectivity index (χ0) is 21.3. The number of aryl methyl sites for hydroxylation is 2. The number of nitrogens with zero attached hydrogens (tertiary/aromatic N) is 1. The van der Waals surface area contributed by atoms with Crippen LogP contribution in [0.25, 0.3) is 0 Å². The first kappa shape index (κ1) is 22.2. The summed E-state index contributed by atoms with van der Waals surface area (Å²) in [6.07, 6.45) is 4.97. The summed E-state index contributed by atoms with van der Waals surface area (Å²) in [6.45, 7) is 6.83. The van der Waals surface area contributed by atoms with E-state index in [-0.39, 0.29) is 18.6 Å². The van der Waals surface area contributed by atoms with Crippen molar-refractivity contribution >= 4 is 5.91 Å². The number of hydrogen-bond donors (Lipinski definition) is 1. The Balaban J connectivity index is 1.61. The minimum atomic E-state index is -0.0958. The summed E-state index contributed by atoms with van der Waals surface area (Å²) in [4.78, 5) is 15.0. The monoisotopic (exact) mass is 410 g/mol. The molecule has 1 heterocycles. The van der Waals surface area contributed by atoms with Gasteiger partial charge in [0.1, 0.15) is 11.5 Å². The number of nitrogens with one attached hydrogen (secondary N) is 1.